The Kier molecular flexibility index (Phi) is 5.33. The standard InChI is InChI=1S/C20H22N2O3/c1-25-17-10-8-16(9-11-17)15-18(22-14-6-3-7-19(22)23)20(24)21-12-4-2-5-13-21/h3,6-11,14-15H,2,4-5,12-13H2,1H3/b18-15+. The van der Waals surface area contributed by atoms with Crippen LogP contribution in [-0.2, 0) is 4.79 Å². The second kappa shape index (κ2) is 7.83. The predicted molar refractivity (Wildman–Crippen MR) is 98.3 cm³/mol. The van der Waals surface area contributed by atoms with Crippen molar-refractivity contribution in [1.29, 1.82) is 0 Å². The van der Waals surface area contributed by atoms with Gasteiger partial charge < -0.3 is 9.64 Å². The zero-order valence-corrected chi connectivity index (χ0v) is 14.4. The Morgan fingerprint density at radius 1 is 1.04 bits per heavy atom. The Hall–Kier alpha value is -2.82. The lowest BCUT2D eigenvalue weighted by molar-refractivity contribution is -0.126. The van der Waals surface area contributed by atoms with Crippen LogP contribution in [0.5, 0.6) is 5.75 Å². The third-order valence-corrected chi connectivity index (χ3v) is 4.36. The molecule has 5 nitrogen and oxygen atoms in total. The van der Waals surface area contributed by atoms with Gasteiger partial charge in [-0.25, -0.2) is 0 Å². The van der Waals surface area contributed by atoms with Crippen LogP contribution in [0.1, 0.15) is 24.8 Å². The fraction of sp³-hybridized carbons (Fsp3) is 0.300. The van der Waals surface area contributed by atoms with Gasteiger partial charge in [-0.15, -0.1) is 0 Å². The van der Waals surface area contributed by atoms with E-state index in [-0.39, 0.29) is 11.5 Å². The molecule has 0 unspecified atom stereocenters. The van der Waals surface area contributed by atoms with Crippen molar-refractivity contribution in [2.24, 2.45) is 0 Å². The Bertz CT molecular complexity index is 815. The summed E-state index contributed by atoms with van der Waals surface area (Å²) in [4.78, 5) is 27.2. The summed E-state index contributed by atoms with van der Waals surface area (Å²) < 4.78 is 6.59. The number of benzene rings is 1. The number of carbonyl (C=O) groups excluding carboxylic acids is 1. The van der Waals surface area contributed by atoms with Gasteiger partial charge in [0.1, 0.15) is 11.4 Å². The second-order valence-corrected chi connectivity index (χ2v) is 6.06. The number of piperidine rings is 1. The first-order valence-electron chi connectivity index (χ1n) is 8.52. The average Bonchev–Trinajstić information content (AvgIpc) is 2.67. The van der Waals surface area contributed by atoms with Crippen LogP contribution in [0, 0.1) is 0 Å². The number of pyridine rings is 1. The number of aromatic nitrogens is 1. The van der Waals surface area contributed by atoms with E-state index in [0.29, 0.717) is 5.70 Å². The largest absolute Gasteiger partial charge is 0.497 e. The molecule has 0 spiro atoms. The molecule has 0 aliphatic carbocycles. The van der Waals surface area contributed by atoms with Crippen LogP contribution in [0.4, 0.5) is 0 Å². The lowest BCUT2D eigenvalue weighted by atomic mass is 10.1. The van der Waals surface area contributed by atoms with Gasteiger partial charge >= 0.3 is 0 Å². The highest BCUT2D eigenvalue weighted by molar-refractivity contribution is 6.18. The number of amides is 1. The molecule has 1 aromatic heterocycles. The van der Waals surface area contributed by atoms with E-state index < -0.39 is 0 Å². The van der Waals surface area contributed by atoms with Crippen LogP contribution in [0.25, 0.3) is 11.8 Å². The maximum atomic E-state index is 13.1. The van der Waals surface area contributed by atoms with Crippen LogP contribution in [0.3, 0.4) is 0 Å². The van der Waals surface area contributed by atoms with Crippen molar-refractivity contribution < 1.29 is 9.53 Å². The number of hydrogen-bond acceptors (Lipinski definition) is 3. The van der Waals surface area contributed by atoms with Gasteiger partial charge in [0.2, 0.25) is 0 Å². The highest BCUT2D eigenvalue weighted by Gasteiger charge is 2.22. The van der Waals surface area contributed by atoms with Crippen molar-refractivity contribution in [2.75, 3.05) is 20.2 Å². The highest BCUT2D eigenvalue weighted by atomic mass is 16.5. The third kappa shape index (κ3) is 3.99. The van der Waals surface area contributed by atoms with Crippen LogP contribution in [-0.4, -0.2) is 35.6 Å². The SMILES string of the molecule is COc1ccc(/C=C(\C(=O)N2CCCCC2)n2ccccc2=O)cc1. The predicted octanol–water partition coefficient (Wildman–Crippen LogP) is 2.87. The number of methoxy groups -OCH3 is 1. The summed E-state index contributed by atoms with van der Waals surface area (Å²) in [5.41, 5.74) is 1.00. The molecule has 1 amide bonds. The summed E-state index contributed by atoms with van der Waals surface area (Å²) in [7, 11) is 1.61. The molecule has 1 saturated heterocycles. The van der Waals surface area contributed by atoms with Gasteiger partial charge in [0.05, 0.1) is 7.11 Å². The van der Waals surface area contributed by atoms with E-state index in [2.05, 4.69) is 0 Å². The van der Waals surface area contributed by atoms with Crippen molar-refractivity contribution in [3.8, 4) is 5.75 Å². The minimum atomic E-state index is -0.215. The van der Waals surface area contributed by atoms with Crippen LogP contribution >= 0.6 is 0 Å². The lowest BCUT2D eigenvalue weighted by Gasteiger charge is -2.28. The van der Waals surface area contributed by atoms with Crippen molar-refractivity contribution in [3.63, 3.8) is 0 Å². The van der Waals surface area contributed by atoms with E-state index >= 15 is 0 Å². The number of carbonyl (C=O) groups is 1. The second-order valence-electron chi connectivity index (χ2n) is 6.06. The molecule has 0 atom stereocenters. The number of likely N-dealkylation sites (tertiary alicyclic amines) is 1. The quantitative estimate of drug-likeness (QED) is 0.806. The summed E-state index contributed by atoms with van der Waals surface area (Å²) in [6.07, 6.45) is 6.56. The molecular weight excluding hydrogens is 316 g/mol. The highest BCUT2D eigenvalue weighted by Crippen LogP contribution is 2.19. The number of hydrogen-bond donors (Lipinski definition) is 0. The summed E-state index contributed by atoms with van der Waals surface area (Å²) in [5.74, 6) is 0.641. The summed E-state index contributed by atoms with van der Waals surface area (Å²) in [5, 5.41) is 0. The first-order valence-corrected chi connectivity index (χ1v) is 8.52. The van der Waals surface area contributed by atoms with E-state index in [4.69, 9.17) is 4.74 Å². The first-order chi connectivity index (χ1) is 12.2. The van der Waals surface area contributed by atoms with Crippen molar-refractivity contribution in [1.82, 2.24) is 9.47 Å². The average molecular weight is 338 g/mol. The molecule has 1 fully saturated rings. The Morgan fingerprint density at radius 2 is 1.76 bits per heavy atom. The Balaban J connectivity index is 2.01. The van der Waals surface area contributed by atoms with Gasteiger partial charge in [0.15, 0.2) is 0 Å². The molecule has 1 aromatic carbocycles. The molecule has 130 valence electrons. The van der Waals surface area contributed by atoms with Gasteiger partial charge in [-0.05, 0) is 49.1 Å². The Morgan fingerprint density at radius 3 is 2.40 bits per heavy atom. The maximum absolute atomic E-state index is 13.1. The van der Waals surface area contributed by atoms with Gasteiger partial charge in [0, 0.05) is 25.4 Å². The zero-order valence-electron chi connectivity index (χ0n) is 14.4. The van der Waals surface area contributed by atoms with Crippen molar-refractivity contribution in [2.45, 2.75) is 19.3 Å². The van der Waals surface area contributed by atoms with E-state index in [0.717, 1.165) is 43.7 Å². The molecule has 0 N–H and O–H groups in total. The van der Waals surface area contributed by atoms with Crippen LogP contribution < -0.4 is 10.3 Å². The fourth-order valence-corrected chi connectivity index (χ4v) is 2.98. The lowest BCUT2D eigenvalue weighted by Crippen LogP contribution is -2.38. The molecule has 25 heavy (non-hydrogen) atoms. The summed E-state index contributed by atoms with van der Waals surface area (Å²) in [6.45, 7) is 1.47. The topological polar surface area (TPSA) is 51.5 Å². The summed E-state index contributed by atoms with van der Waals surface area (Å²) >= 11 is 0. The smallest absolute Gasteiger partial charge is 0.270 e. The first kappa shape index (κ1) is 17.0. The molecule has 1 aliphatic heterocycles. The van der Waals surface area contributed by atoms with E-state index in [1.807, 2.05) is 29.2 Å². The van der Waals surface area contributed by atoms with E-state index in [1.165, 1.54) is 10.6 Å². The number of nitrogens with zero attached hydrogens (tertiary/aromatic N) is 2. The number of rotatable bonds is 4. The monoisotopic (exact) mass is 338 g/mol. The fourth-order valence-electron chi connectivity index (χ4n) is 2.98. The molecule has 2 aromatic rings. The van der Waals surface area contributed by atoms with Gasteiger partial charge in [-0.1, -0.05) is 18.2 Å². The molecule has 3 rings (SSSR count). The minimum Gasteiger partial charge on any atom is -0.497 e. The molecule has 0 saturated carbocycles. The normalized spacial score (nSPS) is 15.1. The third-order valence-electron chi connectivity index (χ3n) is 4.36. The Labute approximate surface area is 147 Å². The van der Waals surface area contributed by atoms with Gasteiger partial charge in [-0.3, -0.25) is 14.2 Å². The maximum Gasteiger partial charge on any atom is 0.270 e. The van der Waals surface area contributed by atoms with Crippen LogP contribution in [0.15, 0.2) is 53.5 Å². The van der Waals surface area contributed by atoms with Gasteiger partial charge in [0.25, 0.3) is 11.5 Å². The van der Waals surface area contributed by atoms with E-state index in [9.17, 15) is 9.59 Å². The molecular formula is C20H22N2O3. The van der Waals surface area contributed by atoms with Crippen molar-refractivity contribution >= 4 is 17.7 Å². The summed E-state index contributed by atoms with van der Waals surface area (Å²) in [6, 6.07) is 12.3. The number of ether oxygens (including phenoxy) is 1. The van der Waals surface area contributed by atoms with E-state index in [1.54, 1.807) is 31.5 Å². The molecule has 0 bridgehead atoms. The van der Waals surface area contributed by atoms with Crippen LogP contribution in [0.2, 0.25) is 0 Å². The molecule has 5 heteroatoms. The molecule has 0 radical (unpaired) electrons. The van der Waals surface area contributed by atoms with Gasteiger partial charge in [-0.2, -0.15) is 0 Å². The minimum absolute atomic E-state index is 0.108. The molecule has 2 heterocycles. The van der Waals surface area contributed by atoms with Crippen molar-refractivity contribution in [3.05, 3.63) is 64.6 Å². The zero-order chi connectivity index (χ0) is 17.6. The molecule has 1 aliphatic rings.